The van der Waals surface area contributed by atoms with Crippen molar-refractivity contribution in [1.29, 1.82) is 0 Å². The Morgan fingerprint density at radius 2 is 1.87 bits per heavy atom. The zero-order valence-corrected chi connectivity index (χ0v) is 19.5. The Balaban J connectivity index is 1.65. The minimum atomic E-state index is -3.77. The van der Waals surface area contributed by atoms with E-state index in [0.29, 0.717) is 25.3 Å². The first kappa shape index (κ1) is 21.8. The Kier molecular flexibility index (Phi) is 6.31. The number of amides is 1. The van der Waals surface area contributed by atoms with Crippen LogP contribution in [0.1, 0.15) is 29.3 Å². The molecule has 31 heavy (non-hydrogen) atoms. The molecule has 1 atom stereocenters. The summed E-state index contributed by atoms with van der Waals surface area (Å²) in [7, 11) is -2.07. The molecule has 3 aromatic rings. The van der Waals surface area contributed by atoms with Gasteiger partial charge in [-0.05, 0) is 53.9 Å². The molecule has 1 aliphatic heterocycles. The van der Waals surface area contributed by atoms with E-state index in [1.165, 1.54) is 4.31 Å². The molecule has 1 unspecified atom stereocenters. The predicted octanol–water partition coefficient (Wildman–Crippen LogP) is 4.38. The Bertz CT molecular complexity index is 1160. The van der Waals surface area contributed by atoms with E-state index in [2.05, 4.69) is 15.9 Å². The maximum Gasteiger partial charge on any atom is 0.243 e. The molecule has 0 saturated carbocycles. The van der Waals surface area contributed by atoms with Crippen molar-refractivity contribution in [2.45, 2.75) is 30.3 Å². The van der Waals surface area contributed by atoms with Crippen LogP contribution in [-0.2, 0) is 27.8 Å². The van der Waals surface area contributed by atoms with E-state index in [9.17, 15) is 13.2 Å². The second-order valence-electron chi connectivity index (χ2n) is 7.57. The Hall–Kier alpha value is -2.42. The zero-order chi connectivity index (χ0) is 22.0. The summed E-state index contributed by atoms with van der Waals surface area (Å²) in [6, 6.07) is 17.4. The summed E-state index contributed by atoms with van der Waals surface area (Å²) in [5, 5.41) is 0. The SMILES string of the molecule is CN(Cc1ccco1)C(=O)CC1c2ccccc2CCN1S(=O)(=O)c1ccc(Br)cc1. The van der Waals surface area contributed by atoms with E-state index in [4.69, 9.17) is 4.42 Å². The molecule has 0 radical (unpaired) electrons. The number of hydrogen-bond donors (Lipinski definition) is 0. The normalized spacial score (nSPS) is 16.6. The van der Waals surface area contributed by atoms with Gasteiger partial charge < -0.3 is 9.32 Å². The van der Waals surface area contributed by atoms with Gasteiger partial charge in [0.15, 0.2) is 0 Å². The van der Waals surface area contributed by atoms with E-state index in [1.807, 2.05) is 30.3 Å². The minimum Gasteiger partial charge on any atom is -0.467 e. The van der Waals surface area contributed by atoms with Crippen molar-refractivity contribution in [2.24, 2.45) is 0 Å². The van der Waals surface area contributed by atoms with E-state index in [-0.39, 0.29) is 17.2 Å². The van der Waals surface area contributed by atoms with E-state index >= 15 is 0 Å². The molecular weight excluding hydrogens is 480 g/mol. The first-order chi connectivity index (χ1) is 14.9. The van der Waals surface area contributed by atoms with Crippen LogP contribution in [0.25, 0.3) is 0 Å². The fourth-order valence-electron chi connectivity index (χ4n) is 3.92. The Morgan fingerprint density at radius 3 is 2.58 bits per heavy atom. The van der Waals surface area contributed by atoms with Crippen LogP contribution in [0.5, 0.6) is 0 Å². The van der Waals surface area contributed by atoms with Gasteiger partial charge in [0.05, 0.1) is 23.7 Å². The van der Waals surface area contributed by atoms with Gasteiger partial charge in [-0.2, -0.15) is 4.31 Å². The van der Waals surface area contributed by atoms with Crippen molar-refractivity contribution < 1.29 is 17.6 Å². The summed E-state index contributed by atoms with van der Waals surface area (Å²) in [6.07, 6.45) is 2.24. The molecule has 1 aliphatic rings. The highest BCUT2D eigenvalue weighted by atomic mass is 79.9. The molecule has 0 bridgehead atoms. The number of halogens is 1. The van der Waals surface area contributed by atoms with Gasteiger partial charge in [-0.1, -0.05) is 40.2 Å². The molecular formula is C23H23BrN2O4S. The molecule has 6 nitrogen and oxygen atoms in total. The number of nitrogens with zero attached hydrogens (tertiary/aromatic N) is 2. The van der Waals surface area contributed by atoms with Gasteiger partial charge in [-0.25, -0.2) is 8.42 Å². The molecule has 0 N–H and O–H groups in total. The third kappa shape index (κ3) is 4.61. The Morgan fingerprint density at radius 1 is 1.13 bits per heavy atom. The molecule has 0 aliphatic carbocycles. The fourth-order valence-corrected chi connectivity index (χ4v) is 5.79. The van der Waals surface area contributed by atoms with Crippen LogP contribution in [0.3, 0.4) is 0 Å². The first-order valence-corrected chi connectivity index (χ1v) is 12.2. The zero-order valence-electron chi connectivity index (χ0n) is 17.1. The van der Waals surface area contributed by atoms with Crippen LogP contribution in [-0.4, -0.2) is 37.1 Å². The van der Waals surface area contributed by atoms with Gasteiger partial charge in [0.25, 0.3) is 0 Å². The van der Waals surface area contributed by atoms with Crippen LogP contribution in [0.4, 0.5) is 0 Å². The number of hydrogen-bond acceptors (Lipinski definition) is 4. The maximum atomic E-state index is 13.5. The van der Waals surface area contributed by atoms with E-state index in [0.717, 1.165) is 15.6 Å². The monoisotopic (exact) mass is 502 g/mol. The van der Waals surface area contributed by atoms with Gasteiger partial charge in [0.2, 0.25) is 15.9 Å². The lowest BCUT2D eigenvalue weighted by molar-refractivity contribution is -0.131. The van der Waals surface area contributed by atoms with Crippen molar-refractivity contribution in [3.8, 4) is 0 Å². The molecule has 0 fully saturated rings. The van der Waals surface area contributed by atoms with Crippen LogP contribution in [0.2, 0.25) is 0 Å². The number of carbonyl (C=O) groups excluding carboxylic acids is 1. The summed E-state index contributed by atoms with van der Waals surface area (Å²) in [4.78, 5) is 14.8. The summed E-state index contributed by atoms with van der Waals surface area (Å²) >= 11 is 3.35. The number of carbonyl (C=O) groups is 1. The van der Waals surface area contributed by atoms with Crippen molar-refractivity contribution in [3.63, 3.8) is 0 Å². The van der Waals surface area contributed by atoms with Gasteiger partial charge >= 0.3 is 0 Å². The number of benzene rings is 2. The Labute approximate surface area is 190 Å². The molecule has 0 saturated heterocycles. The summed E-state index contributed by atoms with van der Waals surface area (Å²) < 4.78 is 34.6. The smallest absolute Gasteiger partial charge is 0.243 e. The average Bonchev–Trinajstić information content (AvgIpc) is 3.27. The average molecular weight is 503 g/mol. The minimum absolute atomic E-state index is 0.0595. The number of furan rings is 1. The third-order valence-corrected chi connectivity index (χ3v) is 8.00. The molecule has 0 spiro atoms. The lowest BCUT2D eigenvalue weighted by Crippen LogP contribution is -2.42. The molecule has 1 aromatic heterocycles. The number of rotatable bonds is 6. The fraction of sp³-hybridized carbons (Fsp3) is 0.261. The standard InChI is InChI=1S/C23H23BrN2O4S/c1-25(16-19-6-4-14-30-19)23(27)15-22-21-7-3-2-5-17(21)12-13-26(22)31(28,29)20-10-8-18(24)9-11-20/h2-11,14,22H,12-13,15-16H2,1H3. The molecule has 2 aromatic carbocycles. The van der Waals surface area contributed by atoms with Gasteiger partial charge in [0, 0.05) is 24.5 Å². The second-order valence-corrected chi connectivity index (χ2v) is 10.4. The third-order valence-electron chi connectivity index (χ3n) is 5.55. The predicted molar refractivity (Wildman–Crippen MR) is 121 cm³/mol. The highest BCUT2D eigenvalue weighted by molar-refractivity contribution is 9.10. The van der Waals surface area contributed by atoms with Crippen molar-refractivity contribution in [3.05, 3.63) is 88.3 Å². The first-order valence-electron chi connectivity index (χ1n) is 9.98. The van der Waals surface area contributed by atoms with Gasteiger partial charge in [0.1, 0.15) is 5.76 Å². The highest BCUT2D eigenvalue weighted by Crippen LogP contribution is 2.37. The highest BCUT2D eigenvalue weighted by Gasteiger charge is 2.37. The van der Waals surface area contributed by atoms with E-state index < -0.39 is 16.1 Å². The number of fused-ring (bicyclic) bond motifs is 1. The van der Waals surface area contributed by atoms with E-state index in [1.54, 1.807) is 48.5 Å². The van der Waals surface area contributed by atoms with Gasteiger partial charge in [-0.15, -0.1) is 0 Å². The molecule has 2 heterocycles. The van der Waals surface area contributed by atoms with Crippen LogP contribution >= 0.6 is 15.9 Å². The molecule has 4 rings (SSSR count). The maximum absolute atomic E-state index is 13.5. The topological polar surface area (TPSA) is 70.8 Å². The lowest BCUT2D eigenvalue weighted by Gasteiger charge is -2.36. The lowest BCUT2D eigenvalue weighted by atomic mass is 9.92. The van der Waals surface area contributed by atoms with Crippen molar-refractivity contribution in [1.82, 2.24) is 9.21 Å². The van der Waals surface area contributed by atoms with Crippen LogP contribution in [0.15, 0.2) is 80.7 Å². The second kappa shape index (κ2) is 8.98. The van der Waals surface area contributed by atoms with Crippen LogP contribution in [0, 0.1) is 0 Å². The quantitative estimate of drug-likeness (QED) is 0.501. The van der Waals surface area contributed by atoms with Gasteiger partial charge in [-0.3, -0.25) is 4.79 Å². The summed E-state index contributed by atoms with van der Waals surface area (Å²) in [6.45, 7) is 0.662. The summed E-state index contributed by atoms with van der Waals surface area (Å²) in [5.41, 5.74) is 1.96. The molecule has 1 amide bonds. The van der Waals surface area contributed by atoms with Crippen LogP contribution < -0.4 is 0 Å². The van der Waals surface area contributed by atoms with Crippen molar-refractivity contribution in [2.75, 3.05) is 13.6 Å². The largest absolute Gasteiger partial charge is 0.467 e. The summed E-state index contributed by atoms with van der Waals surface area (Å²) in [5.74, 6) is 0.536. The molecule has 162 valence electrons. The molecule has 8 heteroatoms. The van der Waals surface area contributed by atoms with Crippen molar-refractivity contribution >= 4 is 31.9 Å². The number of sulfonamides is 1.